The summed E-state index contributed by atoms with van der Waals surface area (Å²) in [5, 5.41) is 4.78. The maximum atomic E-state index is 5.26. The highest BCUT2D eigenvalue weighted by Crippen LogP contribution is 2.54. The maximum Gasteiger partial charge on any atom is 0.0972 e. The summed E-state index contributed by atoms with van der Waals surface area (Å²) in [5.74, 6) is 0. The molecule has 2 heterocycles. The monoisotopic (exact) mass is 574 g/mol. The average Bonchev–Trinajstić information content (AvgIpc) is 3.35. The van der Waals surface area contributed by atoms with Crippen molar-refractivity contribution >= 4 is 32.6 Å². The Morgan fingerprint density at radius 3 is 1.82 bits per heavy atom. The van der Waals surface area contributed by atoms with Crippen LogP contribution in [0.15, 0.2) is 146 Å². The van der Waals surface area contributed by atoms with Crippen molar-refractivity contribution in [2.75, 3.05) is 0 Å². The van der Waals surface area contributed by atoms with Crippen LogP contribution in [0.1, 0.15) is 25.0 Å². The van der Waals surface area contributed by atoms with Gasteiger partial charge in [-0.3, -0.25) is 0 Å². The second-order valence-corrected chi connectivity index (χ2v) is 12.6. The van der Waals surface area contributed by atoms with Crippen LogP contribution in [0.25, 0.3) is 77.3 Å². The van der Waals surface area contributed by atoms with Gasteiger partial charge in [0.05, 0.1) is 22.4 Å². The number of benzene rings is 6. The molecule has 0 fully saturated rings. The molecule has 45 heavy (non-hydrogen) atoms. The summed E-state index contributed by atoms with van der Waals surface area (Å²) in [6.45, 7) is 4.73. The number of pyridine rings is 2. The van der Waals surface area contributed by atoms with Crippen molar-refractivity contribution < 1.29 is 0 Å². The molecule has 1 aliphatic carbocycles. The molecule has 2 nitrogen and oxygen atoms in total. The normalized spacial score (nSPS) is 13.3. The molecule has 0 aliphatic heterocycles. The van der Waals surface area contributed by atoms with E-state index in [0.29, 0.717) is 0 Å². The molecule has 0 saturated heterocycles. The summed E-state index contributed by atoms with van der Waals surface area (Å²) in [6, 6.07) is 52.2. The van der Waals surface area contributed by atoms with Gasteiger partial charge in [-0.25, -0.2) is 9.97 Å². The van der Waals surface area contributed by atoms with E-state index in [1.54, 1.807) is 0 Å². The fourth-order valence-electron chi connectivity index (χ4n) is 7.43. The third-order valence-electron chi connectivity index (χ3n) is 9.60. The fraction of sp³-hybridized carbons (Fsp3) is 0.0698. The predicted molar refractivity (Wildman–Crippen MR) is 188 cm³/mol. The Kier molecular flexibility index (Phi) is 5.58. The van der Waals surface area contributed by atoms with Crippen LogP contribution < -0.4 is 0 Å². The molecule has 0 saturated carbocycles. The topological polar surface area (TPSA) is 25.8 Å². The SMILES string of the molecule is CC1(C)c2ccccc2-c2c(-c3cccc(-c4ccc5ccc6ccc(-c7ccccc7)nc6c5n4)c3)cc3ccccc3c21. The van der Waals surface area contributed by atoms with Crippen LogP contribution in [0.2, 0.25) is 0 Å². The largest absolute Gasteiger partial charge is 0.245 e. The van der Waals surface area contributed by atoms with Gasteiger partial charge in [0.15, 0.2) is 0 Å². The number of hydrogen-bond acceptors (Lipinski definition) is 2. The summed E-state index contributed by atoms with van der Waals surface area (Å²) < 4.78 is 0. The van der Waals surface area contributed by atoms with E-state index >= 15 is 0 Å². The van der Waals surface area contributed by atoms with Crippen molar-refractivity contribution in [1.29, 1.82) is 0 Å². The number of aromatic nitrogens is 2. The average molecular weight is 575 g/mol. The summed E-state index contributed by atoms with van der Waals surface area (Å²) in [5.41, 5.74) is 13.8. The van der Waals surface area contributed by atoms with Gasteiger partial charge in [0.25, 0.3) is 0 Å². The van der Waals surface area contributed by atoms with E-state index < -0.39 is 0 Å². The van der Waals surface area contributed by atoms with E-state index in [1.807, 2.05) is 6.07 Å². The zero-order valence-electron chi connectivity index (χ0n) is 25.3. The molecular weight excluding hydrogens is 544 g/mol. The van der Waals surface area contributed by atoms with Gasteiger partial charge in [0.1, 0.15) is 0 Å². The Morgan fingerprint density at radius 2 is 1.04 bits per heavy atom. The summed E-state index contributed by atoms with van der Waals surface area (Å²) in [7, 11) is 0. The molecular formula is C43H30N2. The molecule has 6 aromatic carbocycles. The standard InChI is InChI=1S/C43H30N2/c1-43(2)36-18-9-8-17-34(36)39-35(26-31-13-6-7-16-33(31)40(39)43)30-14-10-15-32(25-30)38-24-22-29-20-19-28-21-23-37(27-11-4-3-5-12-27)44-41(28)42(29)45-38/h3-26H,1-2H3. The lowest BCUT2D eigenvalue weighted by molar-refractivity contribution is 0.666. The molecule has 0 radical (unpaired) electrons. The van der Waals surface area contributed by atoms with E-state index in [-0.39, 0.29) is 5.41 Å². The van der Waals surface area contributed by atoms with E-state index in [4.69, 9.17) is 9.97 Å². The van der Waals surface area contributed by atoms with Crippen molar-refractivity contribution in [2.45, 2.75) is 19.3 Å². The molecule has 212 valence electrons. The van der Waals surface area contributed by atoms with Gasteiger partial charge in [0.2, 0.25) is 0 Å². The van der Waals surface area contributed by atoms with E-state index in [0.717, 1.165) is 44.3 Å². The lowest BCUT2D eigenvalue weighted by Crippen LogP contribution is -2.15. The van der Waals surface area contributed by atoms with Crippen molar-refractivity contribution in [2.24, 2.45) is 0 Å². The number of rotatable bonds is 3. The van der Waals surface area contributed by atoms with Crippen LogP contribution in [-0.2, 0) is 5.41 Å². The highest BCUT2D eigenvalue weighted by atomic mass is 14.8. The van der Waals surface area contributed by atoms with Gasteiger partial charge in [-0.1, -0.05) is 135 Å². The highest BCUT2D eigenvalue weighted by molar-refractivity contribution is 6.06. The Morgan fingerprint density at radius 1 is 0.444 bits per heavy atom. The zero-order valence-corrected chi connectivity index (χ0v) is 25.3. The van der Waals surface area contributed by atoms with Crippen LogP contribution in [0.3, 0.4) is 0 Å². The lowest BCUT2D eigenvalue weighted by atomic mass is 9.79. The van der Waals surface area contributed by atoms with E-state index in [1.165, 1.54) is 44.2 Å². The van der Waals surface area contributed by atoms with Crippen LogP contribution in [-0.4, -0.2) is 9.97 Å². The Labute approximate surface area is 262 Å². The van der Waals surface area contributed by atoms with Crippen molar-refractivity contribution in [3.8, 4) is 44.8 Å². The molecule has 0 atom stereocenters. The lowest BCUT2D eigenvalue weighted by Gasteiger charge is -2.24. The molecule has 0 spiro atoms. The molecule has 0 N–H and O–H groups in total. The van der Waals surface area contributed by atoms with Gasteiger partial charge in [-0.15, -0.1) is 0 Å². The molecule has 2 aromatic heterocycles. The minimum absolute atomic E-state index is 0.0916. The van der Waals surface area contributed by atoms with Crippen molar-refractivity contribution in [1.82, 2.24) is 9.97 Å². The third-order valence-corrected chi connectivity index (χ3v) is 9.60. The smallest absolute Gasteiger partial charge is 0.0972 e. The molecule has 1 aliphatic rings. The first-order chi connectivity index (χ1) is 22.1. The molecule has 8 aromatic rings. The first kappa shape index (κ1) is 25.9. The Hall–Kier alpha value is -5.60. The van der Waals surface area contributed by atoms with Crippen LogP contribution >= 0.6 is 0 Å². The van der Waals surface area contributed by atoms with Gasteiger partial charge in [-0.2, -0.15) is 0 Å². The van der Waals surface area contributed by atoms with Crippen molar-refractivity contribution in [3.63, 3.8) is 0 Å². The summed E-state index contributed by atoms with van der Waals surface area (Å²) in [4.78, 5) is 10.4. The minimum atomic E-state index is -0.0916. The number of fused-ring (bicyclic) bond motifs is 8. The van der Waals surface area contributed by atoms with Gasteiger partial charge >= 0.3 is 0 Å². The second kappa shape index (κ2) is 9.70. The van der Waals surface area contributed by atoms with Gasteiger partial charge in [-0.05, 0) is 68.4 Å². The van der Waals surface area contributed by atoms with Gasteiger partial charge < -0.3 is 0 Å². The van der Waals surface area contributed by atoms with E-state index in [9.17, 15) is 0 Å². The Bertz CT molecular complexity index is 2450. The van der Waals surface area contributed by atoms with Gasteiger partial charge in [0, 0.05) is 27.3 Å². The molecule has 0 amide bonds. The second-order valence-electron chi connectivity index (χ2n) is 12.6. The fourth-order valence-corrected chi connectivity index (χ4v) is 7.43. The Balaban J connectivity index is 1.24. The molecule has 0 bridgehead atoms. The summed E-state index contributed by atoms with van der Waals surface area (Å²) >= 11 is 0. The third kappa shape index (κ3) is 3.96. The maximum absolute atomic E-state index is 5.26. The predicted octanol–water partition coefficient (Wildman–Crippen LogP) is 11.2. The summed E-state index contributed by atoms with van der Waals surface area (Å²) in [6.07, 6.45) is 0. The van der Waals surface area contributed by atoms with Crippen LogP contribution in [0.5, 0.6) is 0 Å². The molecule has 0 unspecified atom stereocenters. The quantitative estimate of drug-likeness (QED) is 0.196. The first-order valence-electron chi connectivity index (χ1n) is 15.6. The van der Waals surface area contributed by atoms with Crippen LogP contribution in [0.4, 0.5) is 0 Å². The number of nitrogens with zero attached hydrogens (tertiary/aromatic N) is 2. The van der Waals surface area contributed by atoms with Crippen molar-refractivity contribution in [3.05, 3.63) is 157 Å². The first-order valence-corrected chi connectivity index (χ1v) is 15.6. The highest BCUT2D eigenvalue weighted by Gasteiger charge is 2.38. The van der Waals surface area contributed by atoms with Crippen LogP contribution in [0, 0.1) is 0 Å². The van der Waals surface area contributed by atoms with E-state index in [2.05, 4.69) is 153 Å². The molecule has 9 rings (SSSR count). The number of hydrogen-bond donors (Lipinski definition) is 0. The zero-order chi connectivity index (χ0) is 30.1. The minimum Gasteiger partial charge on any atom is -0.245 e. The molecule has 2 heteroatoms.